The molecule has 3 N–H and O–H groups in total. The van der Waals surface area contributed by atoms with Gasteiger partial charge in [-0.1, -0.05) is 0 Å². The van der Waals surface area contributed by atoms with Crippen molar-refractivity contribution in [1.29, 1.82) is 0 Å². The number of rotatable bonds is 7. The fourth-order valence-electron chi connectivity index (χ4n) is 1.35. The van der Waals surface area contributed by atoms with Crippen molar-refractivity contribution in [2.45, 2.75) is 4.90 Å². The molecule has 0 spiro atoms. The molecule has 21 heavy (non-hydrogen) atoms. The van der Waals surface area contributed by atoms with Crippen molar-refractivity contribution < 1.29 is 31.1 Å². The summed E-state index contributed by atoms with van der Waals surface area (Å²) in [4.78, 5) is 9.91. The summed E-state index contributed by atoms with van der Waals surface area (Å²) in [5.41, 5.74) is -0.384. The van der Waals surface area contributed by atoms with Crippen LogP contribution in [0.15, 0.2) is 23.1 Å². The van der Waals surface area contributed by atoms with Crippen molar-refractivity contribution in [3.8, 4) is 0 Å². The summed E-state index contributed by atoms with van der Waals surface area (Å²) in [5.74, 6) is -2.60. The van der Waals surface area contributed by atoms with Gasteiger partial charge >= 0.3 is 5.97 Å². The van der Waals surface area contributed by atoms with Gasteiger partial charge in [0.2, 0.25) is 20.0 Å². The first kappa shape index (κ1) is 17.5. The van der Waals surface area contributed by atoms with Crippen molar-refractivity contribution >= 4 is 26.0 Å². The molecule has 1 rings (SSSR count). The molecular weight excluding hydrogens is 327 g/mol. The van der Waals surface area contributed by atoms with Crippen LogP contribution >= 0.6 is 0 Å². The van der Waals surface area contributed by atoms with E-state index in [9.17, 15) is 26.0 Å². The second kappa shape index (κ2) is 6.47. The monoisotopic (exact) mass is 340 g/mol. The van der Waals surface area contributed by atoms with Gasteiger partial charge in [0, 0.05) is 13.1 Å². The first-order valence-electron chi connectivity index (χ1n) is 5.50. The average Bonchev–Trinajstić information content (AvgIpc) is 2.33. The summed E-state index contributed by atoms with van der Waals surface area (Å²) in [7, 11) is -7.66. The van der Waals surface area contributed by atoms with Crippen LogP contribution in [-0.2, 0) is 20.0 Å². The third-order valence-corrected chi connectivity index (χ3v) is 4.47. The second-order valence-corrected chi connectivity index (χ2v) is 7.58. The van der Waals surface area contributed by atoms with Gasteiger partial charge < -0.3 is 5.11 Å². The number of carboxylic acid groups (broad SMARTS) is 1. The molecule has 0 amide bonds. The normalized spacial score (nSPS) is 12.3. The van der Waals surface area contributed by atoms with Crippen molar-refractivity contribution in [2.24, 2.45) is 0 Å². The van der Waals surface area contributed by atoms with Crippen LogP contribution in [0.3, 0.4) is 0 Å². The van der Waals surface area contributed by atoms with Crippen molar-refractivity contribution in [1.82, 2.24) is 9.44 Å². The second-order valence-electron chi connectivity index (χ2n) is 4.01. The Morgan fingerprint density at radius 1 is 1.19 bits per heavy atom. The van der Waals surface area contributed by atoms with E-state index in [1.165, 1.54) is 0 Å². The van der Waals surface area contributed by atoms with Crippen molar-refractivity contribution in [3.05, 3.63) is 29.6 Å². The Morgan fingerprint density at radius 2 is 1.76 bits per heavy atom. The van der Waals surface area contributed by atoms with E-state index in [0.29, 0.717) is 6.07 Å². The molecule has 0 heterocycles. The van der Waals surface area contributed by atoms with Crippen LogP contribution < -0.4 is 9.44 Å². The number of carbonyl (C=O) groups is 1. The Labute approximate surface area is 121 Å². The predicted molar refractivity (Wildman–Crippen MR) is 71.4 cm³/mol. The highest BCUT2D eigenvalue weighted by Crippen LogP contribution is 2.15. The molecule has 0 aromatic heterocycles. The summed E-state index contributed by atoms with van der Waals surface area (Å²) < 4.78 is 62.8. The lowest BCUT2D eigenvalue weighted by Gasteiger charge is -2.08. The standard InChI is InChI=1S/C10H13FN2O6S2/c1-20(16,17)12-4-5-13-21(18,19)9-3-2-7(10(14)15)6-8(9)11/h2-3,6,12-13H,4-5H2,1H3,(H,14,15). The smallest absolute Gasteiger partial charge is 0.335 e. The average molecular weight is 340 g/mol. The third kappa shape index (κ3) is 5.38. The van der Waals surface area contributed by atoms with E-state index in [4.69, 9.17) is 5.11 Å². The van der Waals surface area contributed by atoms with Gasteiger partial charge in [0.05, 0.1) is 11.8 Å². The van der Waals surface area contributed by atoms with Gasteiger partial charge in [0.15, 0.2) is 0 Å². The van der Waals surface area contributed by atoms with Crippen LogP contribution in [-0.4, -0.2) is 47.3 Å². The number of benzene rings is 1. The number of aromatic carboxylic acids is 1. The van der Waals surface area contributed by atoms with Crippen LogP contribution in [0.4, 0.5) is 4.39 Å². The zero-order valence-corrected chi connectivity index (χ0v) is 12.5. The Morgan fingerprint density at radius 3 is 2.24 bits per heavy atom. The highest BCUT2D eigenvalue weighted by Gasteiger charge is 2.20. The van der Waals surface area contributed by atoms with E-state index in [0.717, 1.165) is 18.4 Å². The maximum absolute atomic E-state index is 13.6. The molecule has 0 atom stereocenters. The topological polar surface area (TPSA) is 130 Å². The van der Waals surface area contributed by atoms with E-state index in [1.54, 1.807) is 0 Å². The lowest BCUT2D eigenvalue weighted by molar-refractivity contribution is 0.0696. The van der Waals surface area contributed by atoms with E-state index in [2.05, 4.69) is 4.72 Å². The number of hydrogen-bond acceptors (Lipinski definition) is 5. The molecule has 8 nitrogen and oxygen atoms in total. The Hall–Kier alpha value is -1.56. The number of sulfonamides is 2. The molecule has 0 aliphatic rings. The molecule has 0 unspecified atom stereocenters. The Kier molecular flexibility index (Phi) is 5.39. The van der Waals surface area contributed by atoms with Crippen LogP contribution in [0, 0.1) is 5.82 Å². The zero-order chi connectivity index (χ0) is 16.3. The van der Waals surface area contributed by atoms with Gasteiger partial charge in [-0.15, -0.1) is 0 Å². The van der Waals surface area contributed by atoms with Gasteiger partial charge in [-0.05, 0) is 18.2 Å². The molecule has 1 aromatic rings. The van der Waals surface area contributed by atoms with Crippen LogP contribution in [0.1, 0.15) is 10.4 Å². The summed E-state index contributed by atoms with van der Waals surface area (Å²) >= 11 is 0. The summed E-state index contributed by atoms with van der Waals surface area (Å²) in [6.07, 6.45) is 0.909. The minimum absolute atomic E-state index is 0.201. The SMILES string of the molecule is CS(=O)(=O)NCCNS(=O)(=O)c1ccc(C(=O)O)cc1F. The molecule has 0 aliphatic carbocycles. The first-order chi connectivity index (χ1) is 9.53. The minimum Gasteiger partial charge on any atom is -0.478 e. The van der Waals surface area contributed by atoms with Gasteiger partial charge in [-0.25, -0.2) is 35.5 Å². The largest absolute Gasteiger partial charge is 0.478 e. The first-order valence-corrected chi connectivity index (χ1v) is 8.87. The van der Waals surface area contributed by atoms with Crippen LogP contribution in [0.25, 0.3) is 0 Å². The van der Waals surface area contributed by atoms with E-state index < -0.39 is 36.7 Å². The summed E-state index contributed by atoms with van der Waals surface area (Å²) in [6, 6.07) is 2.37. The minimum atomic E-state index is -4.20. The Bertz CT molecular complexity index is 745. The van der Waals surface area contributed by atoms with Gasteiger partial charge in [-0.3, -0.25) is 0 Å². The number of halogens is 1. The summed E-state index contributed by atoms with van der Waals surface area (Å²) in [6.45, 7) is -0.484. The molecule has 0 fully saturated rings. The van der Waals surface area contributed by atoms with Gasteiger partial charge in [-0.2, -0.15) is 0 Å². The van der Waals surface area contributed by atoms with E-state index in [1.807, 2.05) is 4.72 Å². The third-order valence-electron chi connectivity index (χ3n) is 2.25. The molecule has 118 valence electrons. The fourth-order valence-corrected chi connectivity index (χ4v) is 2.91. The molecule has 0 saturated carbocycles. The maximum atomic E-state index is 13.6. The van der Waals surface area contributed by atoms with E-state index >= 15 is 0 Å². The molecule has 0 aliphatic heterocycles. The van der Waals surface area contributed by atoms with E-state index in [-0.39, 0.29) is 18.7 Å². The lowest BCUT2D eigenvalue weighted by Crippen LogP contribution is -2.34. The summed E-state index contributed by atoms with van der Waals surface area (Å²) in [5, 5.41) is 8.66. The predicted octanol–water partition coefficient (Wildman–Crippen LogP) is -0.649. The zero-order valence-electron chi connectivity index (χ0n) is 10.8. The Balaban J connectivity index is 2.81. The quantitative estimate of drug-likeness (QED) is 0.566. The maximum Gasteiger partial charge on any atom is 0.335 e. The highest BCUT2D eigenvalue weighted by molar-refractivity contribution is 7.89. The number of hydrogen-bond donors (Lipinski definition) is 3. The molecule has 0 saturated heterocycles. The fraction of sp³-hybridized carbons (Fsp3) is 0.300. The van der Waals surface area contributed by atoms with Gasteiger partial charge in [0.25, 0.3) is 0 Å². The van der Waals surface area contributed by atoms with Crippen molar-refractivity contribution in [2.75, 3.05) is 19.3 Å². The molecule has 0 bridgehead atoms. The van der Waals surface area contributed by atoms with Crippen LogP contribution in [0.2, 0.25) is 0 Å². The number of carboxylic acids is 1. The molecular formula is C10H13FN2O6S2. The number of nitrogens with one attached hydrogen (secondary N) is 2. The molecule has 11 heteroatoms. The lowest BCUT2D eigenvalue weighted by atomic mass is 10.2. The molecule has 1 aromatic carbocycles. The molecule has 0 radical (unpaired) electrons. The highest BCUT2D eigenvalue weighted by atomic mass is 32.2. The van der Waals surface area contributed by atoms with Crippen molar-refractivity contribution in [3.63, 3.8) is 0 Å². The van der Waals surface area contributed by atoms with Crippen LogP contribution in [0.5, 0.6) is 0 Å². The van der Waals surface area contributed by atoms with Gasteiger partial charge in [0.1, 0.15) is 10.7 Å².